The Bertz CT molecular complexity index is 179. The molecule has 41 heavy (non-hydrogen) atoms. The van der Waals surface area contributed by atoms with Crippen LogP contribution in [0.3, 0.4) is 0 Å². The minimum Gasteiger partial charge on any atom is -0.0776 e. The molecule has 0 unspecified atom stereocenters. The van der Waals surface area contributed by atoms with Crippen LogP contribution in [0.25, 0.3) is 0 Å². The van der Waals surface area contributed by atoms with Crippen molar-refractivity contribution in [2.75, 3.05) is 0 Å². The summed E-state index contributed by atoms with van der Waals surface area (Å²) in [6.45, 7) is 26.8. The minimum absolute atomic E-state index is 0. The highest BCUT2D eigenvalue weighted by molar-refractivity contribution is 4.48. The molecule has 0 saturated heterocycles. The normalized spacial score (nSPS) is 7.17. The van der Waals surface area contributed by atoms with Gasteiger partial charge < -0.3 is 0 Å². The maximum atomic E-state index is 2.27. The maximum absolute atomic E-state index is 2.27. The molecule has 0 bridgehead atoms. The molecule has 0 aliphatic rings. The summed E-state index contributed by atoms with van der Waals surface area (Å²) < 4.78 is 0. The van der Waals surface area contributed by atoms with Gasteiger partial charge in [-0.05, 0) is 11.8 Å². The van der Waals surface area contributed by atoms with Gasteiger partial charge in [0.1, 0.15) is 0 Å². The fourth-order valence-electron chi connectivity index (χ4n) is 2.83. The lowest BCUT2D eigenvalue weighted by Crippen LogP contribution is -1.91. The van der Waals surface area contributed by atoms with Gasteiger partial charge in [0, 0.05) is 0 Å². The molecular formula is C41H112. The highest BCUT2D eigenvalue weighted by Gasteiger charge is 1.95. The summed E-state index contributed by atoms with van der Waals surface area (Å²) in [4.78, 5) is 0. The highest BCUT2D eigenvalue weighted by Crippen LogP contribution is 2.10. The van der Waals surface area contributed by atoms with Crippen LogP contribution in [0.5, 0.6) is 0 Å². The van der Waals surface area contributed by atoms with E-state index in [1.54, 1.807) is 0 Å². The van der Waals surface area contributed by atoms with Gasteiger partial charge in [-0.25, -0.2) is 0 Å². The largest absolute Gasteiger partial charge is 0.0776 e. The predicted octanol–water partition coefficient (Wildman–Crippen LogP) is 19.4. The molecule has 0 nitrogen and oxygen atoms in total. The molecule has 0 heterocycles. The number of rotatable bonds is 14. The molecular weight excluding hydrogens is 492 g/mol. The summed E-state index contributed by atoms with van der Waals surface area (Å²) in [5, 5.41) is 0. The second kappa shape index (κ2) is 115. The van der Waals surface area contributed by atoms with E-state index in [9.17, 15) is 0 Å². The van der Waals surface area contributed by atoms with E-state index in [1.165, 1.54) is 109 Å². The van der Waals surface area contributed by atoms with Crippen LogP contribution in [0.4, 0.5) is 0 Å². The van der Waals surface area contributed by atoms with E-state index in [0.29, 0.717) is 0 Å². The first kappa shape index (κ1) is 97.0. The highest BCUT2D eigenvalue weighted by atomic mass is 14.0. The van der Waals surface area contributed by atoms with Crippen molar-refractivity contribution in [3.8, 4) is 0 Å². The lowest BCUT2D eigenvalue weighted by molar-refractivity contribution is 0.477. The van der Waals surface area contributed by atoms with E-state index >= 15 is 0 Å². The molecule has 0 aliphatic carbocycles. The van der Waals surface area contributed by atoms with Crippen LogP contribution in [-0.4, -0.2) is 0 Å². The van der Waals surface area contributed by atoms with Crippen molar-refractivity contribution in [2.45, 2.75) is 267 Å². The third-order valence-corrected chi connectivity index (χ3v) is 5.28. The predicted molar refractivity (Wildman–Crippen MR) is 221 cm³/mol. The third kappa shape index (κ3) is 178. The van der Waals surface area contributed by atoms with Crippen molar-refractivity contribution in [2.24, 2.45) is 11.8 Å². The van der Waals surface area contributed by atoms with Crippen LogP contribution in [0.2, 0.25) is 0 Å². The molecule has 0 atom stereocenters. The van der Waals surface area contributed by atoms with E-state index in [1.807, 2.05) is 0 Å². The van der Waals surface area contributed by atoms with Gasteiger partial charge in [-0.2, -0.15) is 0 Å². The fraction of sp³-hybridized carbons (Fsp3) is 1.00. The smallest absolute Gasteiger partial charge is 0.0422 e. The summed E-state index contributed by atoms with van der Waals surface area (Å²) in [6.07, 6.45) is 23.5. The third-order valence-electron chi connectivity index (χ3n) is 5.28. The van der Waals surface area contributed by atoms with Gasteiger partial charge in [0.2, 0.25) is 0 Å². The van der Waals surface area contributed by atoms with Gasteiger partial charge in [0.05, 0.1) is 0 Å². The Morgan fingerprint density at radius 1 is 0.317 bits per heavy atom. The van der Waals surface area contributed by atoms with Crippen molar-refractivity contribution in [1.29, 1.82) is 0 Å². The zero-order chi connectivity index (χ0) is 25.2. The molecule has 0 N–H and O–H groups in total. The lowest BCUT2D eigenvalue weighted by atomic mass is 10.0. The molecule has 0 heteroatoms. The van der Waals surface area contributed by atoms with Crippen molar-refractivity contribution in [3.05, 3.63) is 0 Å². The zero-order valence-electron chi connectivity index (χ0n) is 25.2. The molecule has 0 rings (SSSR count). The molecule has 0 fully saturated rings. The molecule has 0 aliphatic heterocycles. The summed E-state index contributed by atoms with van der Waals surface area (Å²) in [5.74, 6) is 1.89. The standard InChI is InChI=1S/4C7H16.C3H8.10CH4/c1-4-5-6-7(2)3;1-4-7(5-2)6-3;2*1-3-5-7-6-4-2;1-3-2;;;;;;;;;;/h2*7H,4-6H2,1-3H3;2*3-7H2,1-2H3;3H2,1-2H3;10*1H4. The average Bonchev–Trinajstić information content (AvgIpc) is 2.76. The van der Waals surface area contributed by atoms with Crippen molar-refractivity contribution >= 4 is 0 Å². The van der Waals surface area contributed by atoms with Crippen LogP contribution in [0, 0.1) is 11.8 Å². The monoisotopic (exact) mass is 605 g/mol. The van der Waals surface area contributed by atoms with Gasteiger partial charge in [-0.3, -0.25) is 0 Å². The van der Waals surface area contributed by atoms with E-state index in [-0.39, 0.29) is 74.3 Å². The number of unbranched alkanes of at least 4 members (excludes halogenated alkanes) is 9. The number of hydrogen-bond donors (Lipinski definition) is 0. The van der Waals surface area contributed by atoms with Crippen LogP contribution in [0.1, 0.15) is 267 Å². The zero-order valence-corrected chi connectivity index (χ0v) is 25.2. The molecule has 0 amide bonds. The van der Waals surface area contributed by atoms with Gasteiger partial charge in [0.25, 0.3) is 0 Å². The van der Waals surface area contributed by atoms with Crippen LogP contribution >= 0.6 is 0 Å². The Hall–Kier alpha value is 0. The molecule has 0 aromatic carbocycles. The summed E-state index contributed by atoms with van der Waals surface area (Å²) in [5.41, 5.74) is 0. The molecule has 0 spiro atoms. The first-order chi connectivity index (χ1) is 14.9. The van der Waals surface area contributed by atoms with Crippen molar-refractivity contribution < 1.29 is 0 Å². The van der Waals surface area contributed by atoms with E-state index in [2.05, 4.69) is 83.1 Å². The second-order valence-corrected chi connectivity index (χ2v) is 9.46. The lowest BCUT2D eigenvalue weighted by Gasteiger charge is -2.05. The summed E-state index contributed by atoms with van der Waals surface area (Å²) >= 11 is 0. The van der Waals surface area contributed by atoms with Crippen LogP contribution < -0.4 is 0 Å². The number of hydrogen-bond acceptors (Lipinski definition) is 0. The van der Waals surface area contributed by atoms with E-state index in [4.69, 9.17) is 0 Å². The van der Waals surface area contributed by atoms with Crippen LogP contribution in [-0.2, 0) is 0 Å². The van der Waals surface area contributed by atoms with Gasteiger partial charge in [-0.1, -0.05) is 267 Å². The van der Waals surface area contributed by atoms with Crippen molar-refractivity contribution in [1.82, 2.24) is 0 Å². The van der Waals surface area contributed by atoms with Crippen molar-refractivity contribution in [3.63, 3.8) is 0 Å². The molecule has 0 radical (unpaired) electrons. The molecule has 0 aromatic heterocycles. The van der Waals surface area contributed by atoms with Gasteiger partial charge in [-0.15, -0.1) is 0 Å². The fourth-order valence-corrected chi connectivity index (χ4v) is 2.83. The second-order valence-electron chi connectivity index (χ2n) is 9.46. The van der Waals surface area contributed by atoms with E-state index in [0.717, 1.165) is 11.8 Å². The first-order valence-electron chi connectivity index (χ1n) is 14.9. The molecule has 0 saturated carbocycles. The quantitative estimate of drug-likeness (QED) is 0.173. The maximum Gasteiger partial charge on any atom is -0.0422 e. The summed E-state index contributed by atoms with van der Waals surface area (Å²) in [7, 11) is 0. The Labute approximate surface area is 277 Å². The Kier molecular flexibility index (Phi) is 272. The summed E-state index contributed by atoms with van der Waals surface area (Å²) in [6, 6.07) is 0. The average molecular weight is 605 g/mol. The van der Waals surface area contributed by atoms with E-state index < -0.39 is 0 Å². The molecule has 276 valence electrons. The Morgan fingerprint density at radius 2 is 0.512 bits per heavy atom. The van der Waals surface area contributed by atoms with Crippen LogP contribution in [0.15, 0.2) is 0 Å². The Morgan fingerprint density at radius 3 is 0.585 bits per heavy atom. The first-order valence-corrected chi connectivity index (χ1v) is 14.9. The van der Waals surface area contributed by atoms with Gasteiger partial charge >= 0.3 is 0 Å². The topological polar surface area (TPSA) is 0 Å². The minimum atomic E-state index is 0. The van der Waals surface area contributed by atoms with Gasteiger partial charge in [0.15, 0.2) is 0 Å². The molecule has 0 aromatic rings. The Balaban J connectivity index is -0.0000000152. The SMILES string of the molecule is C.C.C.C.C.C.C.C.C.C.CCC.CCC(CC)CC.CCCCC(C)C.CCCCCCC.CCCCCCC.